The van der Waals surface area contributed by atoms with Crippen molar-refractivity contribution in [1.29, 1.82) is 0 Å². The number of aromatic nitrogens is 3. The van der Waals surface area contributed by atoms with Crippen LogP contribution in [0.5, 0.6) is 0 Å². The highest BCUT2D eigenvalue weighted by Crippen LogP contribution is 2.21. The van der Waals surface area contributed by atoms with E-state index in [1.54, 1.807) is 6.20 Å². The molecule has 2 heterocycles. The number of carbonyl (C=O) groups excluding carboxylic acids is 1. The zero-order valence-corrected chi connectivity index (χ0v) is 16.9. The number of unbranched alkanes of at least 4 members (excludes halogenated alkanes) is 1. The van der Waals surface area contributed by atoms with E-state index in [1.807, 2.05) is 52.3 Å². The van der Waals surface area contributed by atoms with Crippen LogP contribution in [0.25, 0.3) is 11.1 Å². The predicted molar refractivity (Wildman–Crippen MR) is 112 cm³/mol. The van der Waals surface area contributed by atoms with E-state index in [4.69, 9.17) is 0 Å². The average molecular weight is 377 g/mol. The lowest BCUT2D eigenvalue weighted by molar-refractivity contribution is 0.0735. The van der Waals surface area contributed by atoms with Crippen LogP contribution in [-0.2, 0) is 6.54 Å². The topological polar surface area (TPSA) is 51.0 Å². The Bertz CT molecular complexity index is 902. The van der Waals surface area contributed by atoms with E-state index in [2.05, 4.69) is 43.0 Å². The molecular formula is C23H28N4O. The van der Waals surface area contributed by atoms with Gasteiger partial charge in [-0.2, -0.15) is 5.10 Å². The number of nitrogens with zero attached hydrogens (tertiary/aromatic N) is 4. The molecule has 0 saturated heterocycles. The van der Waals surface area contributed by atoms with Gasteiger partial charge in [-0.1, -0.05) is 43.7 Å². The van der Waals surface area contributed by atoms with Crippen molar-refractivity contribution in [2.24, 2.45) is 0 Å². The van der Waals surface area contributed by atoms with Gasteiger partial charge in [0.1, 0.15) is 5.69 Å². The number of rotatable bonds is 8. The van der Waals surface area contributed by atoms with Gasteiger partial charge in [0.2, 0.25) is 0 Å². The minimum absolute atomic E-state index is 0.0320. The van der Waals surface area contributed by atoms with Crippen molar-refractivity contribution < 1.29 is 4.79 Å². The molecule has 0 spiro atoms. The molecule has 0 fully saturated rings. The third-order valence-corrected chi connectivity index (χ3v) is 4.73. The van der Waals surface area contributed by atoms with Crippen LogP contribution in [0.15, 0.2) is 61.1 Å². The highest BCUT2D eigenvalue weighted by molar-refractivity contribution is 5.93. The third-order valence-electron chi connectivity index (χ3n) is 4.73. The maximum atomic E-state index is 13.2. The molecule has 1 amide bonds. The zero-order chi connectivity index (χ0) is 19.9. The smallest absolute Gasteiger partial charge is 0.272 e. The van der Waals surface area contributed by atoms with Crippen molar-refractivity contribution >= 4 is 5.91 Å². The minimum Gasteiger partial charge on any atom is -0.333 e. The minimum atomic E-state index is -0.0320. The van der Waals surface area contributed by atoms with Crippen LogP contribution in [0.4, 0.5) is 0 Å². The van der Waals surface area contributed by atoms with Gasteiger partial charge >= 0.3 is 0 Å². The van der Waals surface area contributed by atoms with Crippen LogP contribution in [0.3, 0.4) is 0 Å². The molecule has 0 radical (unpaired) electrons. The van der Waals surface area contributed by atoms with E-state index in [-0.39, 0.29) is 5.91 Å². The fourth-order valence-electron chi connectivity index (χ4n) is 3.06. The van der Waals surface area contributed by atoms with Crippen LogP contribution in [0.2, 0.25) is 0 Å². The molecule has 0 aliphatic rings. The molecule has 1 aromatic carbocycles. The number of carbonyl (C=O) groups is 1. The van der Waals surface area contributed by atoms with Crippen molar-refractivity contribution in [2.45, 2.75) is 46.2 Å². The molecule has 0 atom stereocenters. The van der Waals surface area contributed by atoms with Crippen molar-refractivity contribution in [3.8, 4) is 11.1 Å². The quantitative estimate of drug-likeness (QED) is 0.558. The molecular weight excluding hydrogens is 348 g/mol. The summed E-state index contributed by atoms with van der Waals surface area (Å²) in [5, 5.41) is 4.40. The van der Waals surface area contributed by atoms with Gasteiger partial charge in [-0.25, -0.2) is 0 Å². The summed E-state index contributed by atoms with van der Waals surface area (Å²) in [6.07, 6.45) is 7.56. The largest absolute Gasteiger partial charge is 0.333 e. The zero-order valence-electron chi connectivity index (χ0n) is 16.9. The Morgan fingerprint density at radius 3 is 2.61 bits per heavy atom. The molecule has 28 heavy (non-hydrogen) atoms. The fourth-order valence-corrected chi connectivity index (χ4v) is 3.06. The second kappa shape index (κ2) is 9.31. The summed E-state index contributed by atoms with van der Waals surface area (Å²) in [5.41, 5.74) is 3.55. The van der Waals surface area contributed by atoms with Gasteiger partial charge in [0.25, 0.3) is 5.91 Å². The molecule has 3 rings (SSSR count). The maximum Gasteiger partial charge on any atom is 0.272 e. The number of hydrogen-bond donors (Lipinski definition) is 0. The Kier molecular flexibility index (Phi) is 6.58. The Morgan fingerprint density at radius 1 is 1.14 bits per heavy atom. The normalized spacial score (nSPS) is 11.0. The summed E-state index contributed by atoms with van der Waals surface area (Å²) in [6.45, 7) is 7.63. The summed E-state index contributed by atoms with van der Waals surface area (Å²) in [7, 11) is 0. The first-order valence-corrected chi connectivity index (χ1v) is 9.92. The lowest BCUT2D eigenvalue weighted by atomic mass is 10.1. The molecule has 0 N–H and O–H groups in total. The lowest BCUT2D eigenvalue weighted by Gasteiger charge is -2.22. The molecule has 0 aliphatic heterocycles. The predicted octanol–water partition coefficient (Wildman–Crippen LogP) is 4.97. The molecule has 0 aliphatic carbocycles. The van der Waals surface area contributed by atoms with Crippen LogP contribution < -0.4 is 0 Å². The van der Waals surface area contributed by atoms with Crippen molar-refractivity contribution in [3.05, 3.63) is 72.3 Å². The van der Waals surface area contributed by atoms with Crippen LogP contribution in [-0.4, -0.2) is 32.1 Å². The Morgan fingerprint density at radius 2 is 1.93 bits per heavy atom. The summed E-state index contributed by atoms with van der Waals surface area (Å²) >= 11 is 0. The van der Waals surface area contributed by atoms with E-state index in [9.17, 15) is 4.79 Å². The van der Waals surface area contributed by atoms with Crippen LogP contribution in [0.1, 0.15) is 55.7 Å². The van der Waals surface area contributed by atoms with Gasteiger partial charge in [0.15, 0.2) is 0 Å². The fraction of sp³-hybridized carbons (Fsp3) is 0.348. The Labute approximate surface area is 167 Å². The average Bonchev–Trinajstić information content (AvgIpc) is 3.22. The summed E-state index contributed by atoms with van der Waals surface area (Å²) < 4.78 is 1.92. The van der Waals surface area contributed by atoms with Gasteiger partial charge in [-0.05, 0) is 43.5 Å². The third kappa shape index (κ3) is 4.85. The SMILES string of the molecule is CCCCN(Cc1ccccc1)C(=O)c1cc(-c2cnn(C(C)C)c2)ccn1. The van der Waals surface area contributed by atoms with E-state index >= 15 is 0 Å². The maximum absolute atomic E-state index is 13.2. The summed E-state index contributed by atoms with van der Waals surface area (Å²) in [4.78, 5) is 19.4. The first-order valence-electron chi connectivity index (χ1n) is 9.92. The summed E-state index contributed by atoms with van der Waals surface area (Å²) in [6, 6.07) is 14.2. The molecule has 5 nitrogen and oxygen atoms in total. The molecule has 0 saturated carbocycles. The first kappa shape index (κ1) is 19.8. The molecule has 5 heteroatoms. The second-order valence-corrected chi connectivity index (χ2v) is 7.30. The first-order chi connectivity index (χ1) is 13.6. The van der Waals surface area contributed by atoms with Crippen LogP contribution >= 0.6 is 0 Å². The van der Waals surface area contributed by atoms with Crippen molar-refractivity contribution in [2.75, 3.05) is 6.54 Å². The number of benzene rings is 1. The summed E-state index contributed by atoms with van der Waals surface area (Å²) in [5.74, 6) is -0.0320. The number of pyridine rings is 1. The Hall–Kier alpha value is -2.95. The highest BCUT2D eigenvalue weighted by Gasteiger charge is 2.18. The number of amides is 1. The standard InChI is InChI=1S/C23H28N4O/c1-4-5-13-26(16-19-9-7-6-8-10-19)23(28)22-14-20(11-12-24-22)21-15-25-27(17-21)18(2)3/h6-12,14-15,17-18H,4-5,13,16H2,1-3H3. The number of hydrogen-bond acceptors (Lipinski definition) is 3. The van der Waals surface area contributed by atoms with Crippen molar-refractivity contribution in [3.63, 3.8) is 0 Å². The van der Waals surface area contributed by atoms with E-state index < -0.39 is 0 Å². The second-order valence-electron chi connectivity index (χ2n) is 7.30. The Balaban J connectivity index is 1.83. The van der Waals surface area contributed by atoms with Crippen LogP contribution in [0, 0.1) is 0 Å². The molecule has 146 valence electrons. The molecule has 0 unspecified atom stereocenters. The van der Waals surface area contributed by atoms with Gasteiger partial charge in [0.05, 0.1) is 6.20 Å². The van der Waals surface area contributed by atoms with Crippen molar-refractivity contribution in [1.82, 2.24) is 19.7 Å². The lowest BCUT2D eigenvalue weighted by Crippen LogP contribution is -2.32. The van der Waals surface area contributed by atoms with Gasteiger partial charge in [-0.15, -0.1) is 0 Å². The molecule has 3 aromatic rings. The van der Waals surface area contributed by atoms with Gasteiger partial charge in [0, 0.05) is 37.1 Å². The molecule has 2 aromatic heterocycles. The monoisotopic (exact) mass is 376 g/mol. The molecule has 0 bridgehead atoms. The van der Waals surface area contributed by atoms with E-state index in [1.165, 1.54) is 0 Å². The van der Waals surface area contributed by atoms with Gasteiger partial charge < -0.3 is 4.90 Å². The highest BCUT2D eigenvalue weighted by atomic mass is 16.2. The van der Waals surface area contributed by atoms with E-state index in [0.717, 1.165) is 36.1 Å². The van der Waals surface area contributed by atoms with Gasteiger partial charge in [-0.3, -0.25) is 14.5 Å². The van der Waals surface area contributed by atoms with E-state index in [0.29, 0.717) is 18.3 Å².